The number of halogens is 2. The van der Waals surface area contributed by atoms with Crippen molar-refractivity contribution in [3.05, 3.63) is 52.9 Å². The second kappa shape index (κ2) is 7.67. The van der Waals surface area contributed by atoms with Crippen molar-refractivity contribution >= 4 is 11.9 Å². The molecule has 24 heavy (non-hydrogen) atoms. The van der Waals surface area contributed by atoms with Crippen molar-refractivity contribution in [1.29, 1.82) is 0 Å². The molecular formula is C16H16F2N2O4. The monoisotopic (exact) mass is 338 g/mol. The summed E-state index contributed by atoms with van der Waals surface area (Å²) in [5.74, 6) is -2.90. The maximum atomic E-state index is 13.3. The van der Waals surface area contributed by atoms with Gasteiger partial charge in [-0.1, -0.05) is 11.2 Å². The molecule has 1 aromatic heterocycles. The highest BCUT2D eigenvalue weighted by Gasteiger charge is 2.18. The van der Waals surface area contributed by atoms with Gasteiger partial charge in [-0.3, -0.25) is 9.59 Å². The maximum Gasteiger partial charge on any atom is 0.305 e. The van der Waals surface area contributed by atoms with Crippen molar-refractivity contribution in [1.82, 2.24) is 10.1 Å². The van der Waals surface area contributed by atoms with Gasteiger partial charge in [0.1, 0.15) is 5.76 Å². The van der Waals surface area contributed by atoms with Gasteiger partial charge in [0.05, 0.1) is 18.5 Å². The van der Waals surface area contributed by atoms with Crippen LogP contribution in [0, 0.1) is 18.6 Å². The standard InChI is InChI=1S/C16H16F2N2O4/c1-10-6-12(19-24-10)8-15(21)20(5-4-16(22)23)9-11-2-3-13(17)14(18)7-11/h2-3,6-7H,4-5,8-9H2,1H3,(H,22,23). The topological polar surface area (TPSA) is 83.6 Å². The molecule has 0 radical (unpaired) electrons. The molecule has 1 aromatic carbocycles. The van der Waals surface area contributed by atoms with Crippen molar-refractivity contribution in [3.8, 4) is 0 Å². The van der Waals surface area contributed by atoms with Crippen LogP contribution in [0.4, 0.5) is 8.78 Å². The van der Waals surface area contributed by atoms with Crippen molar-refractivity contribution < 1.29 is 28.0 Å². The average Bonchev–Trinajstić information content (AvgIpc) is 2.91. The summed E-state index contributed by atoms with van der Waals surface area (Å²) in [4.78, 5) is 24.4. The first kappa shape index (κ1) is 17.6. The van der Waals surface area contributed by atoms with E-state index in [4.69, 9.17) is 9.63 Å². The normalized spacial score (nSPS) is 10.6. The van der Waals surface area contributed by atoms with Crippen LogP contribution in [0.25, 0.3) is 0 Å². The Kier molecular flexibility index (Phi) is 5.62. The smallest absolute Gasteiger partial charge is 0.305 e. The van der Waals surface area contributed by atoms with Gasteiger partial charge in [0.15, 0.2) is 11.6 Å². The van der Waals surface area contributed by atoms with Gasteiger partial charge >= 0.3 is 5.97 Å². The number of nitrogens with zero attached hydrogens (tertiary/aromatic N) is 2. The van der Waals surface area contributed by atoms with Crippen LogP contribution in [0.15, 0.2) is 28.8 Å². The third kappa shape index (κ3) is 4.87. The Morgan fingerprint density at radius 2 is 2.00 bits per heavy atom. The van der Waals surface area contributed by atoms with Crippen LogP contribution < -0.4 is 0 Å². The quantitative estimate of drug-likeness (QED) is 0.837. The van der Waals surface area contributed by atoms with Gasteiger partial charge in [-0.15, -0.1) is 0 Å². The fraction of sp³-hybridized carbons (Fsp3) is 0.312. The molecule has 8 heteroatoms. The first-order valence-electron chi connectivity index (χ1n) is 7.21. The van der Waals surface area contributed by atoms with Crippen LogP contribution in [-0.2, 0) is 22.6 Å². The van der Waals surface area contributed by atoms with E-state index in [1.165, 1.54) is 11.0 Å². The molecule has 0 unspecified atom stereocenters. The minimum Gasteiger partial charge on any atom is -0.481 e. The first-order chi connectivity index (χ1) is 11.3. The third-order valence-electron chi connectivity index (χ3n) is 3.31. The summed E-state index contributed by atoms with van der Waals surface area (Å²) >= 11 is 0. The number of carboxylic acid groups (broad SMARTS) is 1. The fourth-order valence-corrected chi connectivity index (χ4v) is 2.15. The lowest BCUT2D eigenvalue weighted by Gasteiger charge is -2.22. The fourth-order valence-electron chi connectivity index (χ4n) is 2.15. The van der Waals surface area contributed by atoms with Crippen molar-refractivity contribution in [2.75, 3.05) is 6.54 Å². The van der Waals surface area contributed by atoms with E-state index in [0.29, 0.717) is 17.0 Å². The van der Waals surface area contributed by atoms with Crippen LogP contribution in [0.1, 0.15) is 23.4 Å². The zero-order chi connectivity index (χ0) is 17.7. The number of carbonyl (C=O) groups excluding carboxylic acids is 1. The third-order valence-corrected chi connectivity index (χ3v) is 3.31. The summed E-state index contributed by atoms with van der Waals surface area (Å²) in [6.07, 6.45) is -0.326. The highest BCUT2D eigenvalue weighted by Crippen LogP contribution is 2.13. The minimum absolute atomic E-state index is 0.0276. The van der Waals surface area contributed by atoms with Crippen LogP contribution in [0.3, 0.4) is 0 Å². The molecule has 0 aliphatic rings. The summed E-state index contributed by atoms with van der Waals surface area (Å²) < 4.78 is 31.2. The van der Waals surface area contributed by atoms with Crippen molar-refractivity contribution in [2.45, 2.75) is 26.3 Å². The number of aliphatic carboxylic acids is 1. The van der Waals surface area contributed by atoms with Crippen molar-refractivity contribution in [2.24, 2.45) is 0 Å². The number of rotatable bonds is 7. The van der Waals surface area contributed by atoms with Crippen LogP contribution >= 0.6 is 0 Å². The van der Waals surface area contributed by atoms with Gasteiger partial charge in [-0.25, -0.2) is 8.78 Å². The molecule has 0 aliphatic carbocycles. The van der Waals surface area contributed by atoms with Gasteiger partial charge in [0, 0.05) is 19.2 Å². The molecular weight excluding hydrogens is 322 g/mol. The lowest BCUT2D eigenvalue weighted by atomic mass is 10.1. The molecule has 0 fully saturated rings. The van der Waals surface area contributed by atoms with Crippen molar-refractivity contribution in [3.63, 3.8) is 0 Å². The Hall–Kier alpha value is -2.77. The van der Waals surface area contributed by atoms with E-state index >= 15 is 0 Å². The SMILES string of the molecule is Cc1cc(CC(=O)N(CCC(=O)O)Cc2ccc(F)c(F)c2)no1. The van der Waals surface area contributed by atoms with Crippen LogP contribution in [0.5, 0.6) is 0 Å². The molecule has 0 saturated heterocycles. The molecule has 2 aromatic rings. The molecule has 6 nitrogen and oxygen atoms in total. The molecule has 0 bridgehead atoms. The predicted octanol–water partition coefficient (Wildman–Crippen LogP) is 2.31. The average molecular weight is 338 g/mol. The maximum absolute atomic E-state index is 13.3. The highest BCUT2D eigenvalue weighted by atomic mass is 19.2. The molecule has 0 saturated carbocycles. The zero-order valence-corrected chi connectivity index (χ0v) is 13.0. The molecule has 1 heterocycles. The summed E-state index contributed by atoms with van der Waals surface area (Å²) in [6.45, 7) is 1.61. The van der Waals surface area contributed by atoms with Gasteiger partial charge in [-0.2, -0.15) is 0 Å². The zero-order valence-electron chi connectivity index (χ0n) is 13.0. The molecule has 2 rings (SSSR count). The molecule has 0 aliphatic heterocycles. The summed E-state index contributed by atoms with van der Waals surface area (Å²) in [6, 6.07) is 4.90. The lowest BCUT2D eigenvalue weighted by Crippen LogP contribution is -2.34. The van der Waals surface area contributed by atoms with E-state index in [2.05, 4.69) is 5.16 Å². The number of aryl methyl sites for hydroxylation is 1. The van der Waals surface area contributed by atoms with Gasteiger partial charge in [0.25, 0.3) is 0 Å². The number of carbonyl (C=O) groups is 2. The minimum atomic E-state index is -1.06. The molecule has 1 amide bonds. The predicted molar refractivity (Wildman–Crippen MR) is 79.0 cm³/mol. The van der Waals surface area contributed by atoms with E-state index in [9.17, 15) is 18.4 Å². The van der Waals surface area contributed by atoms with E-state index in [0.717, 1.165) is 12.1 Å². The van der Waals surface area contributed by atoms with E-state index in [1.807, 2.05) is 0 Å². The summed E-state index contributed by atoms with van der Waals surface area (Å²) in [5.41, 5.74) is 0.784. The number of aromatic nitrogens is 1. The van der Waals surface area contributed by atoms with E-state index < -0.39 is 17.6 Å². The molecule has 1 N–H and O–H groups in total. The molecule has 0 spiro atoms. The lowest BCUT2D eigenvalue weighted by molar-refractivity contribution is -0.138. The first-order valence-corrected chi connectivity index (χ1v) is 7.21. The van der Waals surface area contributed by atoms with Gasteiger partial charge in [-0.05, 0) is 24.6 Å². The Morgan fingerprint density at radius 3 is 2.58 bits per heavy atom. The van der Waals surface area contributed by atoms with Crippen LogP contribution in [-0.4, -0.2) is 33.6 Å². The second-order valence-corrected chi connectivity index (χ2v) is 5.31. The molecule has 128 valence electrons. The second-order valence-electron chi connectivity index (χ2n) is 5.31. The van der Waals surface area contributed by atoms with Gasteiger partial charge in [0.2, 0.25) is 5.91 Å². The number of hydrogen-bond donors (Lipinski definition) is 1. The number of benzene rings is 1. The summed E-state index contributed by atoms with van der Waals surface area (Å²) in [5, 5.41) is 12.5. The molecule has 0 atom stereocenters. The van der Waals surface area contributed by atoms with Gasteiger partial charge < -0.3 is 14.5 Å². The Bertz CT molecular complexity index is 745. The summed E-state index contributed by atoms with van der Waals surface area (Å²) in [7, 11) is 0. The van der Waals surface area contributed by atoms with Crippen LogP contribution in [0.2, 0.25) is 0 Å². The highest BCUT2D eigenvalue weighted by molar-refractivity contribution is 5.79. The Morgan fingerprint density at radius 1 is 1.25 bits per heavy atom. The Labute approximate surface area is 136 Å². The number of carboxylic acids is 1. The Balaban J connectivity index is 2.11. The number of hydrogen-bond acceptors (Lipinski definition) is 4. The largest absolute Gasteiger partial charge is 0.481 e. The number of amides is 1. The van der Waals surface area contributed by atoms with E-state index in [1.54, 1.807) is 13.0 Å². The van der Waals surface area contributed by atoms with E-state index in [-0.39, 0.29) is 31.8 Å².